The van der Waals surface area contributed by atoms with Crippen molar-refractivity contribution in [2.45, 2.75) is 63.7 Å². The molecule has 1 saturated heterocycles. The van der Waals surface area contributed by atoms with Gasteiger partial charge in [0.05, 0.1) is 35.1 Å². The largest absolute Gasteiger partial charge is 0.393 e. The summed E-state index contributed by atoms with van der Waals surface area (Å²) in [4.78, 5) is 33.2. The first-order valence-corrected chi connectivity index (χ1v) is 13.3. The Labute approximate surface area is 230 Å². The number of benzene rings is 1. The Morgan fingerprint density at radius 3 is 2.59 bits per heavy atom. The summed E-state index contributed by atoms with van der Waals surface area (Å²) in [6, 6.07) is 3.09. The second kappa shape index (κ2) is 11.9. The third-order valence-electron chi connectivity index (χ3n) is 7.92. The molecule has 1 aliphatic carbocycles. The number of piperazine rings is 1. The van der Waals surface area contributed by atoms with Gasteiger partial charge in [0, 0.05) is 50.3 Å². The summed E-state index contributed by atoms with van der Waals surface area (Å²) in [5.74, 6) is -0.411. The zero-order valence-electron chi connectivity index (χ0n) is 22.2. The zero-order valence-corrected chi connectivity index (χ0v) is 23.0. The number of rotatable bonds is 8. The topological polar surface area (TPSA) is 83.5 Å². The molecule has 2 aromatic heterocycles. The van der Waals surface area contributed by atoms with Crippen molar-refractivity contribution in [3.63, 3.8) is 0 Å². The fourth-order valence-corrected chi connectivity index (χ4v) is 5.64. The van der Waals surface area contributed by atoms with E-state index < -0.39 is 24.1 Å². The Morgan fingerprint density at radius 1 is 1.18 bits per heavy atom. The first kappa shape index (κ1) is 29.4. The average Bonchev–Trinajstić information content (AvgIpc) is 3.25. The SMILES string of the molecule is COCCCCN1CCN(C(=O)c2cc3c(cc2CC(F)(F)F)[nH]c(=O)c2cnn(C4CCC4)c23)C[C@H]1C.Cl. The Kier molecular flexibility index (Phi) is 8.92. The maximum absolute atomic E-state index is 13.8. The lowest BCUT2D eigenvalue weighted by Crippen LogP contribution is -2.53. The van der Waals surface area contributed by atoms with Gasteiger partial charge in [0.15, 0.2) is 0 Å². The van der Waals surface area contributed by atoms with Crippen LogP contribution >= 0.6 is 12.4 Å². The van der Waals surface area contributed by atoms with Gasteiger partial charge in [-0.3, -0.25) is 19.2 Å². The van der Waals surface area contributed by atoms with Gasteiger partial charge in [0.25, 0.3) is 11.5 Å². The molecule has 1 aromatic carbocycles. The lowest BCUT2D eigenvalue weighted by molar-refractivity contribution is -0.127. The number of carbonyl (C=O) groups is 1. The number of hydrogen-bond donors (Lipinski definition) is 1. The summed E-state index contributed by atoms with van der Waals surface area (Å²) >= 11 is 0. The van der Waals surface area contributed by atoms with Crippen LogP contribution in [0.15, 0.2) is 23.1 Å². The number of alkyl halides is 3. The Balaban J connectivity index is 0.00000353. The molecule has 3 aromatic rings. The van der Waals surface area contributed by atoms with Gasteiger partial charge in [-0.25, -0.2) is 0 Å². The van der Waals surface area contributed by atoms with E-state index in [0.717, 1.165) is 38.6 Å². The molecule has 1 atom stereocenters. The van der Waals surface area contributed by atoms with Gasteiger partial charge in [0.1, 0.15) is 0 Å². The van der Waals surface area contributed by atoms with Crippen molar-refractivity contribution in [3.05, 3.63) is 39.8 Å². The van der Waals surface area contributed by atoms with Crippen molar-refractivity contribution in [2.24, 2.45) is 0 Å². The molecule has 2 aliphatic rings. The maximum Gasteiger partial charge on any atom is 0.393 e. The third kappa shape index (κ3) is 6.10. The number of amides is 1. The molecule has 0 bridgehead atoms. The number of methoxy groups -OCH3 is 1. The monoisotopic (exact) mass is 569 g/mol. The third-order valence-corrected chi connectivity index (χ3v) is 7.92. The van der Waals surface area contributed by atoms with E-state index in [1.54, 1.807) is 16.7 Å². The van der Waals surface area contributed by atoms with E-state index in [0.29, 0.717) is 42.5 Å². The van der Waals surface area contributed by atoms with Gasteiger partial charge in [0.2, 0.25) is 0 Å². The minimum atomic E-state index is -4.50. The molecule has 214 valence electrons. The van der Waals surface area contributed by atoms with Crippen LogP contribution in [0.2, 0.25) is 0 Å². The molecule has 1 saturated carbocycles. The van der Waals surface area contributed by atoms with Crippen LogP contribution in [-0.2, 0) is 11.2 Å². The Hall–Kier alpha value is -2.63. The van der Waals surface area contributed by atoms with E-state index in [4.69, 9.17) is 4.74 Å². The lowest BCUT2D eigenvalue weighted by Gasteiger charge is -2.40. The summed E-state index contributed by atoms with van der Waals surface area (Å²) in [6.07, 6.45) is 0.598. The molecule has 39 heavy (non-hydrogen) atoms. The zero-order chi connectivity index (χ0) is 27.0. The predicted molar refractivity (Wildman–Crippen MR) is 146 cm³/mol. The number of H-pyrrole nitrogens is 1. The Morgan fingerprint density at radius 2 is 1.95 bits per heavy atom. The standard InChI is InChI=1S/C27H34F3N5O3.ClH/c1-17-16-34(10-9-33(17)8-3-4-11-38-2)26(37)20-13-21-23(12-18(20)14-27(28,29)30)32-25(36)22-15-31-35(24(21)22)19-6-5-7-19;/h12-13,15,17,19H,3-11,14,16H2,1-2H3,(H,32,36);1H/t17-;/m1./s1. The molecule has 12 heteroatoms. The molecule has 5 rings (SSSR count). The minimum Gasteiger partial charge on any atom is -0.385 e. The molecule has 2 fully saturated rings. The maximum atomic E-state index is 13.8. The number of unbranched alkanes of at least 4 members (excludes halogenated alkanes) is 1. The summed E-state index contributed by atoms with van der Waals surface area (Å²) < 4.78 is 47.7. The van der Waals surface area contributed by atoms with E-state index >= 15 is 0 Å². The number of carbonyl (C=O) groups excluding carboxylic acids is 1. The fraction of sp³-hybridized carbons (Fsp3) is 0.593. The number of fused-ring (bicyclic) bond motifs is 3. The van der Waals surface area contributed by atoms with Crippen LogP contribution in [0.1, 0.15) is 61.0 Å². The van der Waals surface area contributed by atoms with Crippen LogP contribution in [0, 0.1) is 0 Å². The van der Waals surface area contributed by atoms with Gasteiger partial charge < -0.3 is 14.6 Å². The molecule has 3 heterocycles. The van der Waals surface area contributed by atoms with Crippen LogP contribution in [0.25, 0.3) is 21.8 Å². The number of aromatic nitrogens is 3. The van der Waals surface area contributed by atoms with E-state index in [9.17, 15) is 22.8 Å². The first-order valence-electron chi connectivity index (χ1n) is 13.3. The number of aromatic amines is 1. The molecule has 0 unspecified atom stereocenters. The molecule has 1 N–H and O–H groups in total. The van der Waals surface area contributed by atoms with Gasteiger partial charge in [-0.15, -0.1) is 12.4 Å². The van der Waals surface area contributed by atoms with Crippen LogP contribution in [0.4, 0.5) is 13.2 Å². The second-order valence-electron chi connectivity index (χ2n) is 10.6. The van der Waals surface area contributed by atoms with E-state index in [-0.39, 0.29) is 41.1 Å². The minimum absolute atomic E-state index is 0. The predicted octanol–water partition coefficient (Wildman–Crippen LogP) is 4.70. The van der Waals surface area contributed by atoms with Crippen LogP contribution in [-0.4, -0.2) is 82.6 Å². The molecular formula is C27H35ClF3N5O3. The quantitative estimate of drug-likeness (QED) is 0.398. The first-order chi connectivity index (χ1) is 18.2. The molecular weight excluding hydrogens is 535 g/mol. The smallest absolute Gasteiger partial charge is 0.385 e. The lowest BCUT2D eigenvalue weighted by atomic mass is 9.93. The van der Waals surface area contributed by atoms with Crippen molar-refractivity contribution in [1.82, 2.24) is 24.6 Å². The van der Waals surface area contributed by atoms with Gasteiger partial charge in [-0.05, 0) is 63.3 Å². The molecule has 8 nitrogen and oxygen atoms in total. The Bertz CT molecular complexity index is 1380. The molecule has 1 amide bonds. The number of nitrogens with zero attached hydrogens (tertiary/aromatic N) is 4. The number of ether oxygens (including phenoxy) is 1. The fourth-order valence-electron chi connectivity index (χ4n) is 5.64. The van der Waals surface area contributed by atoms with E-state index in [2.05, 4.69) is 15.0 Å². The number of hydrogen-bond acceptors (Lipinski definition) is 5. The highest BCUT2D eigenvalue weighted by Crippen LogP contribution is 2.36. The van der Waals surface area contributed by atoms with Crippen molar-refractivity contribution in [2.75, 3.05) is 39.9 Å². The number of nitrogens with one attached hydrogen (secondary N) is 1. The summed E-state index contributed by atoms with van der Waals surface area (Å²) in [5, 5.41) is 5.36. The van der Waals surface area contributed by atoms with Crippen LogP contribution in [0.5, 0.6) is 0 Å². The highest BCUT2D eigenvalue weighted by atomic mass is 35.5. The van der Waals surface area contributed by atoms with Gasteiger partial charge in [-0.1, -0.05) is 0 Å². The summed E-state index contributed by atoms with van der Waals surface area (Å²) in [6.45, 7) is 5.17. The number of halogens is 4. The summed E-state index contributed by atoms with van der Waals surface area (Å²) in [7, 11) is 1.68. The second-order valence-corrected chi connectivity index (χ2v) is 10.6. The normalized spacial score (nSPS) is 18.9. The van der Waals surface area contributed by atoms with Crippen molar-refractivity contribution in [1.29, 1.82) is 0 Å². The van der Waals surface area contributed by atoms with Crippen molar-refractivity contribution >= 4 is 40.1 Å². The van der Waals surface area contributed by atoms with Crippen molar-refractivity contribution in [3.8, 4) is 0 Å². The van der Waals surface area contributed by atoms with Crippen LogP contribution in [0.3, 0.4) is 0 Å². The highest BCUT2D eigenvalue weighted by Gasteiger charge is 2.34. The summed E-state index contributed by atoms with van der Waals surface area (Å²) in [5.41, 5.74) is 0.370. The molecule has 0 spiro atoms. The van der Waals surface area contributed by atoms with Crippen molar-refractivity contribution < 1.29 is 22.7 Å². The van der Waals surface area contributed by atoms with Crippen LogP contribution < -0.4 is 5.56 Å². The average molecular weight is 570 g/mol. The highest BCUT2D eigenvalue weighted by molar-refractivity contribution is 6.07. The number of pyridine rings is 1. The van der Waals surface area contributed by atoms with Gasteiger partial charge in [-0.2, -0.15) is 18.3 Å². The van der Waals surface area contributed by atoms with E-state index in [1.165, 1.54) is 18.3 Å². The molecule has 0 radical (unpaired) electrons. The van der Waals surface area contributed by atoms with E-state index in [1.807, 2.05) is 6.92 Å². The van der Waals surface area contributed by atoms with Gasteiger partial charge >= 0.3 is 6.18 Å². The molecule has 1 aliphatic heterocycles.